The highest BCUT2D eigenvalue weighted by Crippen LogP contribution is 2.78. The number of carboxylic acids is 1. The van der Waals surface area contributed by atoms with Crippen molar-refractivity contribution in [2.45, 2.75) is 152 Å². The van der Waals surface area contributed by atoms with Crippen molar-refractivity contribution in [2.24, 2.45) is 62.1 Å². The molecule has 0 saturated heterocycles. The number of carboxylic acid groups (broad SMARTS) is 1. The highest BCUT2D eigenvalue weighted by molar-refractivity contribution is 5.81. The van der Waals surface area contributed by atoms with Gasteiger partial charge in [-0.1, -0.05) is 51.9 Å². The summed E-state index contributed by atoms with van der Waals surface area (Å²) in [4.78, 5) is 24.8. The van der Waals surface area contributed by atoms with Crippen LogP contribution in [-0.4, -0.2) is 28.3 Å². The van der Waals surface area contributed by atoms with Gasteiger partial charge >= 0.3 is 11.9 Å². The van der Waals surface area contributed by atoms with Crippen LogP contribution in [0.1, 0.15) is 144 Å². The van der Waals surface area contributed by atoms with Gasteiger partial charge in [0.15, 0.2) is 0 Å². The Hall–Kier alpha value is -2.11. The third-order valence-electron chi connectivity index (χ3n) is 16.2. The molecular formula is C41H63NO5. The van der Waals surface area contributed by atoms with Gasteiger partial charge in [-0.05, 0) is 156 Å². The third kappa shape index (κ3) is 5.27. The molecule has 1 N–H and O–H groups in total. The lowest BCUT2D eigenvalue weighted by Crippen LogP contribution is -2.66. The molecular weight excluding hydrogens is 586 g/mol. The van der Waals surface area contributed by atoms with Crippen LogP contribution in [0.25, 0.3) is 0 Å². The standard InChI is InChI=1S/C41H63NO5/c1-25(2)28-14-20-41(19-13-27-23-26(3)47-42-27)22-21-39(9)29(34(28)41)11-12-31-38(8)17-16-32(46-33(43)24-36(4,5)35(44)45)37(6,7)30(38)15-18-40(31,39)10/h23,28-32,34H,1,11-22,24H2,2-10H3,(H,44,45)/t28-,29+,30-,31+,32-,34+,38-,39+,40+,41+/m0/s1. The summed E-state index contributed by atoms with van der Waals surface area (Å²) in [6.07, 6.45) is 14.1. The van der Waals surface area contributed by atoms with E-state index in [2.05, 4.69) is 59.3 Å². The van der Waals surface area contributed by atoms with Crippen LogP contribution >= 0.6 is 0 Å². The monoisotopic (exact) mass is 649 g/mol. The quantitative estimate of drug-likeness (QED) is 0.223. The Labute approximate surface area is 284 Å². The summed E-state index contributed by atoms with van der Waals surface area (Å²) in [7, 11) is 0. The molecule has 5 aliphatic carbocycles. The number of carbonyl (C=O) groups is 2. The molecule has 5 fully saturated rings. The van der Waals surface area contributed by atoms with E-state index in [0.717, 1.165) is 30.7 Å². The molecule has 1 aromatic rings. The van der Waals surface area contributed by atoms with Gasteiger partial charge in [0.1, 0.15) is 11.9 Å². The van der Waals surface area contributed by atoms with Crippen LogP contribution < -0.4 is 0 Å². The molecule has 0 unspecified atom stereocenters. The lowest BCUT2D eigenvalue weighted by atomic mass is 9.32. The van der Waals surface area contributed by atoms with Gasteiger partial charge in [0.2, 0.25) is 0 Å². The van der Waals surface area contributed by atoms with Crippen LogP contribution in [-0.2, 0) is 20.7 Å². The molecule has 6 heteroatoms. The summed E-state index contributed by atoms with van der Waals surface area (Å²) in [6.45, 7) is 24.7. The van der Waals surface area contributed by atoms with Crippen molar-refractivity contribution in [3.8, 4) is 0 Å². The van der Waals surface area contributed by atoms with Gasteiger partial charge < -0.3 is 14.4 Å². The van der Waals surface area contributed by atoms with E-state index in [1.54, 1.807) is 13.8 Å². The van der Waals surface area contributed by atoms with Gasteiger partial charge in [0, 0.05) is 11.5 Å². The molecule has 262 valence electrons. The van der Waals surface area contributed by atoms with Gasteiger partial charge in [0.25, 0.3) is 0 Å². The van der Waals surface area contributed by atoms with Crippen molar-refractivity contribution in [3.63, 3.8) is 0 Å². The maximum absolute atomic E-state index is 13.1. The number of aryl methyl sites for hydroxylation is 2. The van der Waals surface area contributed by atoms with Crippen molar-refractivity contribution in [1.29, 1.82) is 0 Å². The van der Waals surface area contributed by atoms with Crippen molar-refractivity contribution in [3.05, 3.63) is 29.7 Å². The fourth-order valence-corrected chi connectivity index (χ4v) is 13.4. The van der Waals surface area contributed by atoms with E-state index in [1.165, 1.54) is 63.4 Å². The molecule has 6 rings (SSSR count). The van der Waals surface area contributed by atoms with Crippen LogP contribution in [0.2, 0.25) is 0 Å². The van der Waals surface area contributed by atoms with E-state index >= 15 is 0 Å². The topological polar surface area (TPSA) is 89.6 Å². The number of hydrogen-bond donors (Lipinski definition) is 1. The molecule has 10 atom stereocenters. The number of esters is 1. The molecule has 0 aliphatic heterocycles. The number of aliphatic carboxylic acids is 1. The van der Waals surface area contributed by atoms with Crippen LogP contribution in [0.5, 0.6) is 0 Å². The Bertz CT molecular complexity index is 1410. The predicted molar refractivity (Wildman–Crippen MR) is 184 cm³/mol. The van der Waals surface area contributed by atoms with E-state index in [0.29, 0.717) is 35.0 Å². The lowest BCUT2D eigenvalue weighted by molar-refractivity contribution is -0.250. The average Bonchev–Trinajstić information content (AvgIpc) is 3.57. The van der Waals surface area contributed by atoms with Gasteiger partial charge in [-0.25, -0.2) is 0 Å². The van der Waals surface area contributed by atoms with Crippen molar-refractivity contribution in [2.75, 3.05) is 0 Å². The summed E-state index contributed by atoms with van der Waals surface area (Å²) in [6, 6.07) is 2.13. The number of nitrogens with zero attached hydrogens (tertiary/aromatic N) is 1. The molecule has 0 radical (unpaired) electrons. The van der Waals surface area contributed by atoms with Crippen LogP contribution in [0, 0.1) is 69.0 Å². The van der Waals surface area contributed by atoms with E-state index in [9.17, 15) is 14.7 Å². The van der Waals surface area contributed by atoms with E-state index in [4.69, 9.17) is 9.26 Å². The van der Waals surface area contributed by atoms with Crippen LogP contribution in [0.3, 0.4) is 0 Å². The summed E-state index contributed by atoms with van der Waals surface area (Å²) >= 11 is 0. The second kappa shape index (κ2) is 11.5. The SMILES string of the molecule is C=C(C)[C@@H]1CC[C@]2(CCc3cc(C)on3)CC[C@]3(C)[C@H](CC[C@@H]4[C@@]5(C)CC[C@H](OC(=O)CC(C)(C)C(=O)O)C(C)(C)[C@@H]5CC[C@]43C)[C@@H]12. The van der Waals surface area contributed by atoms with Gasteiger partial charge in [0.05, 0.1) is 17.5 Å². The Morgan fingerprint density at radius 2 is 1.70 bits per heavy atom. The van der Waals surface area contributed by atoms with Crippen LogP contribution in [0.4, 0.5) is 0 Å². The Morgan fingerprint density at radius 1 is 0.979 bits per heavy atom. The second-order valence-corrected chi connectivity index (χ2v) is 19.2. The number of ether oxygens (including phenoxy) is 1. The molecule has 1 heterocycles. The average molecular weight is 650 g/mol. The van der Waals surface area contributed by atoms with E-state index in [1.807, 2.05) is 6.92 Å². The fourth-order valence-electron chi connectivity index (χ4n) is 13.4. The molecule has 6 nitrogen and oxygen atoms in total. The number of allylic oxidation sites excluding steroid dienone is 1. The zero-order valence-electron chi connectivity index (χ0n) is 31.0. The van der Waals surface area contributed by atoms with Gasteiger partial charge in [-0.3, -0.25) is 9.59 Å². The minimum atomic E-state index is -1.12. The number of hydrogen-bond acceptors (Lipinski definition) is 5. The van der Waals surface area contributed by atoms with Crippen molar-refractivity contribution >= 4 is 11.9 Å². The maximum atomic E-state index is 13.1. The van der Waals surface area contributed by atoms with Crippen molar-refractivity contribution < 1.29 is 24.0 Å². The third-order valence-corrected chi connectivity index (χ3v) is 16.2. The Morgan fingerprint density at radius 3 is 2.34 bits per heavy atom. The van der Waals surface area contributed by atoms with Gasteiger partial charge in [-0.15, -0.1) is 0 Å². The predicted octanol–water partition coefficient (Wildman–Crippen LogP) is 9.99. The zero-order chi connectivity index (χ0) is 34.4. The van der Waals surface area contributed by atoms with Gasteiger partial charge in [-0.2, -0.15) is 0 Å². The molecule has 5 aliphatic rings. The maximum Gasteiger partial charge on any atom is 0.309 e. The van der Waals surface area contributed by atoms with E-state index < -0.39 is 11.4 Å². The summed E-state index contributed by atoms with van der Waals surface area (Å²) in [5.74, 6) is 2.70. The normalized spacial score (nSPS) is 42.4. The number of rotatable bonds is 8. The number of aromatic nitrogens is 1. The molecule has 1 aromatic heterocycles. The van der Waals surface area contributed by atoms with E-state index in [-0.39, 0.29) is 40.2 Å². The first-order valence-electron chi connectivity index (χ1n) is 18.8. The van der Waals surface area contributed by atoms with Crippen molar-refractivity contribution in [1.82, 2.24) is 5.16 Å². The molecule has 0 spiro atoms. The molecule has 47 heavy (non-hydrogen) atoms. The summed E-state index contributed by atoms with van der Waals surface area (Å²) in [5.41, 5.74) is 2.33. The highest BCUT2D eigenvalue weighted by atomic mass is 16.5. The fraction of sp³-hybridized carbons (Fsp3) is 0.829. The molecule has 0 aromatic carbocycles. The Kier molecular flexibility index (Phi) is 8.48. The molecule has 0 bridgehead atoms. The zero-order valence-corrected chi connectivity index (χ0v) is 31.0. The highest BCUT2D eigenvalue weighted by Gasteiger charge is 2.71. The number of fused-ring (bicyclic) bond motifs is 7. The summed E-state index contributed by atoms with van der Waals surface area (Å²) < 4.78 is 11.6. The Balaban J connectivity index is 1.25. The largest absolute Gasteiger partial charge is 0.481 e. The second-order valence-electron chi connectivity index (χ2n) is 19.2. The summed E-state index contributed by atoms with van der Waals surface area (Å²) in [5, 5.41) is 14.0. The first-order valence-corrected chi connectivity index (χ1v) is 18.8. The molecule has 0 amide bonds. The van der Waals surface area contributed by atoms with Crippen LogP contribution in [0.15, 0.2) is 22.7 Å². The number of carbonyl (C=O) groups excluding carboxylic acids is 1. The smallest absolute Gasteiger partial charge is 0.309 e. The minimum absolute atomic E-state index is 0.0939. The first-order chi connectivity index (χ1) is 21.8. The minimum Gasteiger partial charge on any atom is -0.481 e. The molecule has 5 saturated carbocycles. The lowest BCUT2D eigenvalue weighted by Gasteiger charge is -2.73. The first kappa shape index (κ1) is 34.7.